The van der Waals surface area contributed by atoms with Gasteiger partial charge >= 0.3 is 0 Å². The molecule has 0 aliphatic heterocycles. The highest BCUT2D eigenvalue weighted by molar-refractivity contribution is 5.78. The van der Waals surface area contributed by atoms with Crippen LogP contribution in [0.5, 0.6) is 0 Å². The van der Waals surface area contributed by atoms with E-state index in [-0.39, 0.29) is 5.41 Å². The van der Waals surface area contributed by atoms with Gasteiger partial charge in [-0.05, 0) is 28.7 Å². The SMILES string of the molecule is CC(C)(C)c1ccc2nc(NCc3ccccc3)[nH]c2c1. The fourth-order valence-electron chi connectivity index (χ4n) is 2.34. The highest BCUT2D eigenvalue weighted by atomic mass is 15.1. The molecule has 0 saturated carbocycles. The number of aromatic nitrogens is 2. The molecule has 2 N–H and O–H groups in total. The van der Waals surface area contributed by atoms with Crippen LogP contribution in [0.25, 0.3) is 11.0 Å². The van der Waals surface area contributed by atoms with Crippen molar-refractivity contribution in [2.75, 3.05) is 5.32 Å². The molecule has 0 spiro atoms. The molecule has 1 aromatic heterocycles. The molecule has 2 aromatic carbocycles. The van der Waals surface area contributed by atoms with Crippen molar-refractivity contribution in [2.45, 2.75) is 32.7 Å². The summed E-state index contributed by atoms with van der Waals surface area (Å²) in [5.74, 6) is 0.819. The Morgan fingerprint density at radius 1 is 1.05 bits per heavy atom. The fraction of sp³-hybridized carbons (Fsp3) is 0.278. The first kappa shape index (κ1) is 13.7. The van der Waals surface area contributed by atoms with E-state index in [0.717, 1.165) is 23.5 Å². The van der Waals surface area contributed by atoms with Crippen LogP contribution in [0, 0.1) is 0 Å². The van der Waals surface area contributed by atoms with Crippen molar-refractivity contribution in [2.24, 2.45) is 0 Å². The van der Waals surface area contributed by atoms with Crippen LogP contribution >= 0.6 is 0 Å². The Bertz CT molecular complexity index is 736. The number of hydrogen-bond donors (Lipinski definition) is 2. The van der Waals surface area contributed by atoms with Crippen LogP contribution in [0.4, 0.5) is 5.95 Å². The van der Waals surface area contributed by atoms with Crippen molar-refractivity contribution in [3.8, 4) is 0 Å². The number of aromatic amines is 1. The minimum Gasteiger partial charge on any atom is -0.352 e. The van der Waals surface area contributed by atoms with Gasteiger partial charge in [0.15, 0.2) is 0 Å². The summed E-state index contributed by atoms with van der Waals surface area (Å²) < 4.78 is 0. The second kappa shape index (κ2) is 5.24. The standard InChI is InChI=1S/C18H21N3/c1-18(2,3)14-9-10-15-16(11-14)21-17(20-15)19-12-13-7-5-4-6-8-13/h4-11H,12H2,1-3H3,(H2,19,20,21). The first-order valence-corrected chi connectivity index (χ1v) is 7.30. The zero-order valence-corrected chi connectivity index (χ0v) is 12.8. The lowest BCUT2D eigenvalue weighted by atomic mass is 9.87. The van der Waals surface area contributed by atoms with E-state index < -0.39 is 0 Å². The minimum absolute atomic E-state index is 0.150. The molecule has 108 valence electrons. The van der Waals surface area contributed by atoms with E-state index in [1.165, 1.54) is 11.1 Å². The molecule has 0 radical (unpaired) electrons. The van der Waals surface area contributed by atoms with Crippen molar-refractivity contribution >= 4 is 17.0 Å². The normalized spacial score (nSPS) is 11.8. The zero-order valence-electron chi connectivity index (χ0n) is 12.8. The molecule has 0 unspecified atom stereocenters. The average Bonchev–Trinajstić information content (AvgIpc) is 2.87. The maximum Gasteiger partial charge on any atom is 0.201 e. The number of benzene rings is 2. The summed E-state index contributed by atoms with van der Waals surface area (Å²) >= 11 is 0. The number of hydrogen-bond acceptors (Lipinski definition) is 2. The summed E-state index contributed by atoms with van der Waals surface area (Å²) in [6, 6.07) is 16.8. The van der Waals surface area contributed by atoms with Gasteiger partial charge in [-0.2, -0.15) is 0 Å². The molecule has 3 aromatic rings. The van der Waals surface area contributed by atoms with Gasteiger partial charge in [0, 0.05) is 6.54 Å². The van der Waals surface area contributed by atoms with E-state index in [1.54, 1.807) is 0 Å². The molecule has 3 heteroatoms. The van der Waals surface area contributed by atoms with Gasteiger partial charge in [-0.1, -0.05) is 57.2 Å². The van der Waals surface area contributed by atoms with Crippen LogP contribution in [0.15, 0.2) is 48.5 Å². The number of nitrogens with one attached hydrogen (secondary N) is 2. The molecular formula is C18H21N3. The third kappa shape index (κ3) is 3.07. The Morgan fingerprint density at radius 2 is 1.81 bits per heavy atom. The molecule has 0 aliphatic rings. The maximum atomic E-state index is 4.58. The summed E-state index contributed by atoms with van der Waals surface area (Å²) in [6.45, 7) is 7.43. The number of anilines is 1. The Morgan fingerprint density at radius 3 is 2.52 bits per heavy atom. The Labute approximate surface area is 125 Å². The molecule has 21 heavy (non-hydrogen) atoms. The summed E-state index contributed by atoms with van der Waals surface area (Å²) in [5, 5.41) is 3.34. The van der Waals surface area contributed by atoms with Gasteiger partial charge in [-0.25, -0.2) is 4.98 Å². The van der Waals surface area contributed by atoms with E-state index in [4.69, 9.17) is 0 Å². The molecule has 3 rings (SSSR count). The van der Waals surface area contributed by atoms with Crippen LogP contribution in [0.1, 0.15) is 31.9 Å². The Kier molecular flexibility index (Phi) is 3.42. The lowest BCUT2D eigenvalue weighted by Crippen LogP contribution is -2.10. The molecule has 0 atom stereocenters. The van der Waals surface area contributed by atoms with Crippen molar-refractivity contribution in [1.82, 2.24) is 9.97 Å². The van der Waals surface area contributed by atoms with Gasteiger partial charge in [0.1, 0.15) is 0 Å². The summed E-state index contributed by atoms with van der Waals surface area (Å²) in [7, 11) is 0. The second-order valence-electron chi connectivity index (χ2n) is 6.41. The van der Waals surface area contributed by atoms with E-state index in [9.17, 15) is 0 Å². The van der Waals surface area contributed by atoms with Crippen LogP contribution in [-0.4, -0.2) is 9.97 Å². The van der Waals surface area contributed by atoms with Gasteiger partial charge in [0.05, 0.1) is 11.0 Å². The maximum absolute atomic E-state index is 4.58. The minimum atomic E-state index is 0.150. The number of nitrogens with zero attached hydrogens (tertiary/aromatic N) is 1. The first-order valence-electron chi connectivity index (χ1n) is 7.30. The zero-order chi connectivity index (χ0) is 14.9. The third-order valence-corrected chi connectivity index (χ3v) is 3.65. The predicted molar refractivity (Wildman–Crippen MR) is 88.6 cm³/mol. The summed E-state index contributed by atoms with van der Waals surface area (Å²) in [4.78, 5) is 7.94. The van der Waals surface area contributed by atoms with Gasteiger partial charge in [-0.15, -0.1) is 0 Å². The van der Waals surface area contributed by atoms with Crippen LogP contribution < -0.4 is 5.32 Å². The third-order valence-electron chi connectivity index (χ3n) is 3.65. The molecule has 3 nitrogen and oxygen atoms in total. The highest BCUT2D eigenvalue weighted by Gasteiger charge is 2.14. The number of H-pyrrole nitrogens is 1. The number of imidazole rings is 1. The van der Waals surface area contributed by atoms with Gasteiger partial charge < -0.3 is 10.3 Å². The highest BCUT2D eigenvalue weighted by Crippen LogP contribution is 2.25. The molecule has 0 amide bonds. The van der Waals surface area contributed by atoms with Crippen molar-refractivity contribution < 1.29 is 0 Å². The topological polar surface area (TPSA) is 40.7 Å². The summed E-state index contributed by atoms with van der Waals surface area (Å²) in [5.41, 5.74) is 4.79. The summed E-state index contributed by atoms with van der Waals surface area (Å²) in [6.07, 6.45) is 0. The van der Waals surface area contributed by atoms with E-state index >= 15 is 0 Å². The second-order valence-corrected chi connectivity index (χ2v) is 6.41. The van der Waals surface area contributed by atoms with Crippen molar-refractivity contribution in [3.63, 3.8) is 0 Å². The van der Waals surface area contributed by atoms with E-state index in [0.29, 0.717) is 0 Å². The lowest BCUT2D eigenvalue weighted by molar-refractivity contribution is 0.591. The average molecular weight is 279 g/mol. The van der Waals surface area contributed by atoms with E-state index in [2.05, 4.69) is 66.4 Å². The van der Waals surface area contributed by atoms with Crippen LogP contribution in [0.2, 0.25) is 0 Å². The first-order chi connectivity index (χ1) is 10.0. The Hall–Kier alpha value is -2.29. The van der Waals surface area contributed by atoms with Crippen LogP contribution in [-0.2, 0) is 12.0 Å². The molecule has 1 heterocycles. The lowest BCUT2D eigenvalue weighted by Gasteiger charge is -2.18. The molecular weight excluding hydrogens is 258 g/mol. The molecule has 0 aliphatic carbocycles. The molecule has 0 bridgehead atoms. The largest absolute Gasteiger partial charge is 0.352 e. The monoisotopic (exact) mass is 279 g/mol. The van der Waals surface area contributed by atoms with Gasteiger partial charge in [0.2, 0.25) is 5.95 Å². The predicted octanol–water partition coefficient (Wildman–Crippen LogP) is 4.47. The molecule has 0 fully saturated rings. The smallest absolute Gasteiger partial charge is 0.201 e. The molecule has 0 saturated heterocycles. The fourth-order valence-corrected chi connectivity index (χ4v) is 2.34. The quantitative estimate of drug-likeness (QED) is 0.742. The van der Waals surface area contributed by atoms with E-state index in [1.807, 2.05) is 18.2 Å². The Balaban J connectivity index is 1.81. The van der Waals surface area contributed by atoms with Gasteiger partial charge in [0.25, 0.3) is 0 Å². The number of rotatable bonds is 3. The van der Waals surface area contributed by atoms with Crippen molar-refractivity contribution in [1.29, 1.82) is 0 Å². The van der Waals surface area contributed by atoms with Crippen LogP contribution in [0.3, 0.4) is 0 Å². The van der Waals surface area contributed by atoms with Crippen molar-refractivity contribution in [3.05, 3.63) is 59.7 Å². The van der Waals surface area contributed by atoms with Gasteiger partial charge in [-0.3, -0.25) is 0 Å². The number of fused-ring (bicyclic) bond motifs is 1.